The molecule has 0 aliphatic carbocycles. The Hall–Kier alpha value is -2.49. The Kier molecular flexibility index (Phi) is 3.42. The van der Waals surface area contributed by atoms with Crippen LogP contribution in [0.3, 0.4) is 0 Å². The van der Waals surface area contributed by atoms with Crippen LogP contribution < -0.4 is 10.6 Å². The van der Waals surface area contributed by atoms with Gasteiger partial charge in [-0.25, -0.2) is 0 Å². The first-order valence-corrected chi connectivity index (χ1v) is 5.93. The first-order valence-electron chi connectivity index (χ1n) is 5.93. The number of phenolic OH excluding ortho intramolecular Hbond substituents is 1. The van der Waals surface area contributed by atoms with E-state index < -0.39 is 0 Å². The fourth-order valence-electron chi connectivity index (χ4n) is 1.85. The number of hydrogen-bond acceptors (Lipinski definition) is 3. The standard InChI is InChI=1S/C15H16N2O2/c1-10-13(4-3-5-14(10)18)15(19)17(2)12-8-6-11(16)7-9-12/h3-9,18H,16H2,1-2H3. The van der Waals surface area contributed by atoms with Crippen LogP contribution in [0.2, 0.25) is 0 Å². The third-order valence-electron chi connectivity index (χ3n) is 3.12. The maximum Gasteiger partial charge on any atom is 0.258 e. The summed E-state index contributed by atoms with van der Waals surface area (Å²) >= 11 is 0. The topological polar surface area (TPSA) is 66.6 Å². The van der Waals surface area contributed by atoms with Crippen molar-refractivity contribution in [3.05, 3.63) is 53.6 Å². The number of amides is 1. The molecule has 4 heteroatoms. The molecule has 0 heterocycles. The molecule has 4 nitrogen and oxygen atoms in total. The molecule has 2 aromatic rings. The summed E-state index contributed by atoms with van der Waals surface area (Å²) in [4.78, 5) is 13.9. The van der Waals surface area contributed by atoms with Gasteiger partial charge in [0.1, 0.15) is 5.75 Å². The molecule has 0 aliphatic heterocycles. The molecule has 0 spiro atoms. The van der Waals surface area contributed by atoms with Crippen molar-refractivity contribution in [2.75, 3.05) is 17.7 Å². The van der Waals surface area contributed by atoms with Crippen molar-refractivity contribution in [2.45, 2.75) is 6.92 Å². The van der Waals surface area contributed by atoms with Crippen molar-refractivity contribution in [1.82, 2.24) is 0 Å². The number of phenols is 1. The number of rotatable bonds is 2. The van der Waals surface area contributed by atoms with Crippen LogP contribution in [0.1, 0.15) is 15.9 Å². The molecule has 0 saturated carbocycles. The minimum Gasteiger partial charge on any atom is -0.508 e. The highest BCUT2D eigenvalue weighted by Gasteiger charge is 2.16. The fraction of sp³-hybridized carbons (Fsp3) is 0.133. The van der Waals surface area contributed by atoms with E-state index in [1.54, 1.807) is 56.4 Å². The van der Waals surface area contributed by atoms with Crippen molar-refractivity contribution in [3.63, 3.8) is 0 Å². The van der Waals surface area contributed by atoms with Gasteiger partial charge < -0.3 is 15.7 Å². The molecule has 0 radical (unpaired) electrons. The van der Waals surface area contributed by atoms with Crippen molar-refractivity contribution in [2.24, 2.45) is 0 Å². The van der Waals surface area contributed by atoms with Crippen LogP contribution in [0.25, 0.3) is 0 Å². The average molecular weight is 256 g/mol. The number of aromatic hydroxyl groups is 1. The number of carbonyl (C=O) groups is 1. The Morgan fingerprint density at radius 3 is 2.42 bits per heavy atom. The lowest BCUT2D eigenvalue weighted by atomic mass is 10.1. The second kappa shape index (κ2) is 5.02. The summed E-state index contributed by atoms with van der Waals surface area (Å²) in [6.45, 7) is 1.72. The van der Waals surface area contributed by atoms with Crippen LogP contribution in [-0.4, -0.2) is 18.1 Å². The first kappa shape index (κ1) is 13.0. The van der Waals surface area contributed by atoms with E-state index in [4.69, 9.17) is 5.73 Å². The van der Waals surface area contributed by atoms with E-state index in [-0.39, 0.29) is 11.7 Å². The zero-order valence-corrected chi connectivity index (χ0v) is 10.9. The first-order chi connectivity index (χ1) is 9.00. The van der Waals surface area contributed by atoms with E-state index in [1.807, 2.05) is 0 Å². The molecule has 0 saturated heterocycles. The summed E-state index contributed by atoms with van der Waals surface area (Å²) < 4.78 is 0. The molecule has 98 valence electrons. The number of nitrogens with two attached hydrogens (primary N) is 1. The highest BCUT2D eigenvalue weighted by Crippen LogP contribution is 2.23. The number of nitrogen functional groups attached to an aromatic ring is 1. The molecule has 2 rings (SSSR count). The third-order valence-corrected chi connectivity index (χ3v) is 3.12. The summed E-state index contributed by atoms with van der Waals surface area (Å²) in [6, 6.07) is 12.0. The second-order valence-corrected chi connectivity index (χ2v) is 4.41. The molecule has 0 bridgehead atoms. The summed E-state index contributed by atoms with van der Waals surface area (Å²) in [6.07, 6.45) is 0. The number of nitrogens with zero attached hydrogens (tertiary/aromatic N) is 1. The second-order valence-electron chi connectivity index (χ2n) is 4.41. The summed E-state index contributed by atoms with van der Waals surface area (Å²) in [5.74, 6) is -0.0465. The Labute approximate surface area is 112 Å². The Balaban J connectivity index is 2.33. The molecule has 3 N–H and O–H groups in total. The highest BCUT2D eigenvalue weighted by atomic mass is 16.3. The molecular weight excluding hydrogens is 240 g/mol. The van der Waals surface area contributed by atoms with Gasteiger partial charge in [-0.05, 0) is 43.3 Å². The summed E-state index contributed by atoms with van der Waals surface area (Å²) in [7, 11) is 1.69. The van der Waals surface area contributed by atoms with Crippen molar-refractivity contribution in [1.29, 1.82) is 0 Å². The largest absolute Gasteiger partial charge is 0.508 e. The maximum atomic E-state index is 12.4. The van der Waals surface area contributed by atoms with Gasteiger partial charge in [-0.2, -0.15) is 0 Å². The zero-order chi connectivity index (χ0) is 14.0. The fourth-order valence-corrected chi connectivity index (χ4v) is 1.85. The van der Waals surface area contributed by atoms with Crippen LogP contribution in [0.15, 0.2) is 42.5 Å². The van der Waals surface area contributed by atoms with Gasteiger partial charge in [0.05, 0.1) is 0 Å². The number of hydrogen-bond donors (Lipinski definition) is 2. The Morgan fingerprint density at radius 1 is 1.16 bits per heavy atom. The number of carbonyl (C=O) groups excluding carboxylic acids is 1. The Bertz CT molecular complexity index is 606. The molecule has 0 fully saturated rings. The minimum atomic E-state index is -0.168. The summed E-state index contributed by atoms with van der Waals surface area (Å²) in [5, 5.41) is 9.65. The lowest BCUT2D eigenvalue weighted by Crippen LogP contribution is -2.26. The summed E-state index contributed by atoms with van der Waals surface area (Å²) in [5.41, 5.74) is 8.09. The Morgan fingerprint density at radius 2 is 1.79 bits per heavy atom. The van der Waals surface area contributed by atoms with Crippen LogP contribution in [0, 0.1) is 6.92 Å². The quantitative estimate of drug-likeness (QED) is 0.811. The van der Waals surface area contributed by atoms with Gasteiger partial charge in [-0.3, -0.25) is 4.79 Å². The van der Waals surface area contributed by atoms with Gasteiger partial charge in [0.2, 0.25) is 0 Å². The van der Waals surface area contributed by atoms with E-state index in [2.05, 4.69) is 0 Å². The normalized spacial score (nSPS) is 10.2. The van der Waals surface area contributed by atoms with Gasteiger partial charge in [-0.1, -0.05) is 6.07 Å². The molecule has 1 amide bonds. The molecule has 0 unspecified atom stereocenters. The van der Waals surface area contributed by atoms with Gasteiger partial charge in [0.25, 0.3) is 5.91 Å². The van der Waals surface area contributed by atoms with E-state index in [1.165, 1.54) is 4.90 Å². The van der Waals surface area contributed by atoms with Gasteiger partial charge in [-0.15, -0.1) is 0 Å². The third kappa shape index (κ3) is 2.52. The average Bonchev–Trinajstić information content (AvgIpc) is 2.41. The van der Waals surface area contributed by atoms with E-state index in [0.29, 0.717) is 16.8 Å². The zero-order valence-electron chi connectivity index (χ0n) is 10.9. The molecule has 0 atom stereocenters. The molecule has 0 aromatic heterocycles. The van der Waals surface area contributed by atoms with Crippen LogP contribution in [0.4, 0.5) is 11.4 Å². The smallest absolute Gasteiger partial charge is 0.258 e. The van der Waals surface area contributed by atoms with Crippen molar-refractivity contribution < 1.29 is 9.90 Å². The molecular formula is C15H16N2O2. The molecule has 19 heavy (non-hydrogen) atoms. The van der Waals surface area contributed by atoms with Crippen LogP contribution in [-0.2, 0) is 0 Å². The molecule has 2 aromatic carbocycles. The van der Waals surface area contributed by atoms with Gasteiger partial charge in [0.15, 0.2) is 0 Å². The van der Waals surface area contributed by atoms with Gasteiger partial charge >= 0.3 is 0 Å². The number of benzene rings is 2. The van der Waals surface area contributed by atoms with E-state index >= 15 is 0 Å². The SMILES string of the molecule is Cc1c(O)cccc1C(=O)N(C)c1ccc(N)cc1. The lowest BCUT2D eigenvalue weighted by molar-refractivity contribution is 0.0992. The van der Waals surface area contributed by atoms with E-state index in [0.717, 1.165) is 5.69 Å². The monoisotopic (exact) mass is 256 g/mol. The maximum absolute atomic E-state index is 12.4. The predicted molar refractivity (Wildman–Crippen MR) is 76.4 cm³/mol. The van der Waals surface area contributed by atoms with Crippen LogP contribution >= 0.6 is 0 Å². The predicted octanol–water partition coefficient (Wildman–Crippen LogP) is 2.56. The van der Waals surface area contributed by atoms with Gasteiger partial charge in [0, 0.05) is 29.5 Å². The van der Waals surface area contributed by atoms with Crippen LogP contribution in [0.5, 0.6) is 5.75 Å². The highest BCUT2D eigenvalue weighted by molar-refractivity contribution is 6.07. The minimum absolute atomic E-state index is 0.122. The molecule has 0 aliphatic rings. The van der Waals surface area contributed by atoms with Crippen molar-refractivity contribution in [3.8, 4) is 5.75 Å². The number of anilines is 2. The lowest BCUT2D eigenvalue weighted by Gasteiger charge is -2.19. The van der Waals surface area contributed by atoms with Crippen molar-refractivity contribution >= 4 is 17.3 Å². The van der Waals surface area contributed by atoms with E-state index in [9.17, 15) is 9.90 Å².